The van der Waals surface area contributed by atoms with E-state index in [0.29, 0.717) is 35.5 Å². The summed E-state index contributed by atoms with van der Waals surface area (Å²) in [6, 6.07) is 10.8. The second kappa shape index (κ2) is 10.00. The number of nitrogens with one attached hydrogen (secondary N) is 2. The van der Waals surface area contributed by atoms with Gasteiger partial charge in [-0.15, -0.1) is 11.3 Å². The van der Waals surface area contributed by atoms with Crippen LogP contribution in [0.4, 0.5) is 5.13 Å². The molecule has 2 heterocycles. The summed E-state index contributed by atoms with van der Waals surface area (Å²) in [5, 5.41) is 4.93. The van der Waals surface area contributed by atoms with Crippen LogP contribution in [0.3, 0.4) is 0 Å². The first kappa shape index (κ1) is 24.0. The van der Waals surface area contributed by atoms with Crippen LogP contribution >= 0.6 is 11.3 Å². The van der Waals surface area contributed by atoms with Crippen LogP contribution in [0.2, 0.25) is 0 Å². The molecule has 34 heavy (non-hydrogen) atoms. The van der Waals surface area contributed by atoms with Gasteiger partial charge in [-0.1, -0.05) is 13.8 Å². The summed E-state index contributed by atoms with van der Waals surface area (Å²) in [7, 11) is -2.40. The van der Waals surface area contributed by atoms with E-state index < -0.39 is 22.0 Å². The van der Waals surface area contributed by atoms with Crippen molar-refractivity contribution in [3.63, 3.8) is 0 Å². The Hall–Kier alpha value is -3.15. The van der Waals surface area contributed by atoms with Crippen LogP contribution in [0.25, 0.3) is 11.3 Å². The molecule has 11 heteroatoms. The lowest BCUT2D eigenvalue weighted by Crippen LogP contribution is -2.47. The van der Waals surface area contributed by atoms with Gasteiger partial charge in [-0.2, -0.15) is 4.72 Å². The average Bonchev–Trinajstić information content (AvgIpc) is 3.30. The molecule has 3 aromatic rings. The van der Waals surface area contributed by atoms with Gasteiger partial charge in [-0.05, 0) is 42.3 Å². The number of nitrogens with zero attached hydrogens (tertiary/aromatic N) is 1. The molecule has 180 valence electrons. The highest BCUT2D eigenvalue weighted by molar-refractivity contribution is 7.89. The number of carbonyl (C=O) groups excluding carboxylic acids is 1. The second-order valence-electron chi connectivity index (χ2n) is 7.90. The lowest BCUT2D eigenvalue weighted by atomic mass is 10.1. The van der Waals surface area contributed by atoms with Gasteiger partial charge in [0, 0.05) is 17.0 Å². The maximum atomic E-state index is 13.0. The minimum Gasteiger partial charge on any atom is -0.497 e. The molecule has 0 fully saturated rings. The maximum absolute atomic E-state index is 13.0. The van der Waals surface area contributed by atoms with Crippen molar-refractivity contribution in [1.29, 1.82) is 0 Å². The summed E-state index contributed by atoms with van der Waals surface area (Å²) in [5.41, 5.74) is 1.57. The molecule has 0 aliphatic carbocycles. The van der Waals surface area contributed by atoms with Crippen molar-refractivity contribution in [1.82, 2.24) is 9.71 Å². The Bertz CT molecular complexity index is 1270. The summed E-state index contributed by atoms with van der Waals surface area (Å²) in [4.78, 5) is 17.4. The molecule has 0 unspecified atom stereocenters. The summed E-state index contributed by atoms with van der Waals surface area (Å²) in [6.45, 7) is 4.28. The first-order chi connectivity index (χ1) is 16.3. The van der Waals surface area contributed by atoms with Crippen LogP contribution in [0.5, 0.6) is 17.2 Å². The Morgan fingerprint density at radius 3 is 2.47 bits per heavy atom. The minimum absolute atomic E-state index is 0.00811. The van der Waals surface area contributed by atoms with Crippen molar-refractivity contribution < 1.29 is 27.4 Å². The number of ether oxygens (including phenoxy) is 3. The van der Waals surface area contributed by atoms with E-state index in [1.54, 1.807) is 27.0 Å². The van der Waals surface area contributed by atoms with Crippen LogP contribution in [0, 0.1) is 5.92 Å². The van der Waals surface area contributed by atoms with Gasteiger partial charge in [-0.3, -0.25) is 4.79 Å². The van der Waals surface area contributed by atoms with E-state index in [0.717, 1.165) is 11.3 Å². The normalized spacial score (nSPS) is 14.0. The number of rotatable bonds is 8. The first-order valence-corrected chi connectivity index (χ1v) is 13.0. The third kappa shape index (κ3) is 5.32. The predicted octanol–water partition coefficient (Wildman–Crippen LogP) is 3.53. The highest BCUT2D eigenvalue weighted by Gasteiger charge is 2.30. The fourth-order valence-corrected chi connectivity index (χ4v) is 5.41. The monoisotopic (exact) mass is 503 g/mol. The molecule has 1 aliphatic rings. The average molecular weight is 504 g/mol. The van der Waals surface area contributed by atoms with Crippen LogP contribution in [0.1, 0.15) is 13.8 Å². The van der Waals surface area contributed by atoms with Crippen LogP contribution < -0.4 is 24.2 Å². The molecule has 1 aliphatic heterocycles. The largest absolute Gasteiger partial charge is 0.497 e. The zero-order valence-electron chi connectivity index (χ0n) is 18.9. The molecule has 1 aromatic heterocycles. The van der Waals surface area contributed by atoms with Crippen molar-refractivity contribution in [3.05, 3.63) is 47.8 Å². The minimum atomic E-state index is -3.99. The van der Waals surface area contributed by atoms with E-state index in [4.69, 9.17) is 14.2 Å². The van der Waals surface area contributed by atoms with E-state index in [1.807, 2.05) is 29.6 Å². The Morgan fingerprint density at radius 2 is 1.79 bits per heavy atom. The lowest BCUT2D eigenvalue weighted by Gasteiger charge is -2.22. The van der Waals surface area contributed by atoms with Gasteiger partial charge in [0.15, 0.2) is 16.6 Å². The van der Waals surface area contributed by atoms with Gasteiger partial charge in [-0.25, -0.2) is 13.4 Å². The number of aromatic nitrogens is 1. The third-order valence-corrected chi connectivity index (χ3v) is 7.37. The topological polar surface area (TPSA) is 116 Å². The number of fused-ring (bicyclic) bond motifs is 1. The van der Waals surface area contributed by atoms with Crippen LogP contribution in [0.15, 0.2) is 52.7 Å². The van der Waals surface area contributed by atoms with E-state index in [9.17, 15) is 13.2 Å². The molecule has 2 aromatic carbocycles. The Labute approximate surface area is 202 Å². The fraction of sp³-hybridized carbons (Fsp3) is 0.304. The van der Waals surface area contributed by atoms with Crippen molar-refractivity contribution in [2.45, 2.75) is 24.8 Å². The van der Waals surface area contributed by atoms with Gasteiger partial charge < -0.3 is 19.5 Å². The maximum Gasteiger partial charge on any atom is 0.244 e. The second-order valence-corrected chi connectivity index (χ2v) is 10.5. The molecule has 1 amide bonds. The molecular formula is C23H25N3O6S2. The Morgan fingerprint density at radius 1 is 1.09 bits per heavy atom. The number of anilines is 1. The van der Waals surface area contributed by atoms with Gasteiger partial charge >= 0.3 is 0 Å². The van der Waals surface area contributed by atoms with E-state index in [1.165, 1.54) is 23.5 Å². The number of methoxy groups -OCH3 is 1. The van der Waals surface area contributed by atoms with E-state index in [-0.39, 0.29) is 10.8 Å². The number of amides is 1. The molecule has 0 spiro atoms. The summed E-state index contributed by atoms with van der Waals surface area (Å²) < 4.78 is 44.6. The zero-order valence-corrected chi connectivity index (χ0v) is 20.5. The van der Waals surface area contributed by atoms with Gasteiger partial charge in [0.05, 0.1) is 17.7 Å². The molecule has 2 N–H and O–H groups in total. The Balaban J connectivity index is 1.48. The molecule has 0 radical (unpaired) electrons. The molecule has 4 rings (SSSR count). The van der Waals surface area contributed by atoms with Crippen LogP contribution in [-0.2, 0) is 14.8 Å². The summed E-state index contributed by atoms with van der Waals surface area (Å²) in [6.07, 6.45) is 0. The smallest absolute Gasteiger partial charge is 0.244 e. The van der Waals surface area contributed by atoms with Gasteiger partial charge in [0.2, 0.25) is 15.9 Å². The SMILES string of the molecule is COc1ccc(-c2csc(NC(=O)[C@H](NS(=O)(=O)c3ccc4c(c3)OCCO4)C(C)C)n2)cc1. The first-order valence-electron chi connectivity index (χ1n) is 10.6. The number of benzene rings is 2. The predicted molar refractivity (Wildman–Crippen MR) is 129 cm³/mol. The number of hydrogen-bond donors (Lipinski definition) is 2. The van der Waals surface area contributed by atoms with Crippen LogP contribution in [-0.4, -0.2) is 45.7 Å². The Kier molecular flexibility index (Phi) is 7.05. The van der Waals surface area contributed by atoms with E-state index >= 15 is 0 Å². The molecular weight excluding hydrogens is 478 g/mol. The molecule has 0 saturated carbocycles. The standard InChI is InChI=1S/C23H25N3O6S2/c1-14(2)21(26-34(28,29)17-8-9-19-20(12-17)32-11-10-31-19)22(27)25-23-24-18(13-33-23)15-4-6-16(30-3)7-5-15/h4-9,12-14,21,26H,10-11H2,1-3H3,(H,24,25,27)/t21-/m1/s1. The van der Waals surface area contributed by atoms with Gasteiger partial charge in [0.25, 0.3) is 0 Å². The quantitative estimate of drug-likeness (QED) is 0.483. The molecule has 9 nitrogen and oxygen atoms in total. The van der Waals surface area contributed by atoms with Crippen molar-refractivity contribution >= 4 is 32.4 Å². The lowest BCUT2D eigenvalue weighted by molar-refractivity contribution is -0.118. The zero-order chi connectivity index (χ0) is 24.3. The number of thiazole rings is 1. The van der Waals surface area contributed by atoms with Crippen molar-refractivity contribution in [3.8, 4) is 28.5 Å². The summed E-state index contributed by atoms with van der Waals surface area (Å²) >= 11 is 1.26. The highest BCUT2D eigenvalue weighted by Crippen LogP contribution is 2.32. The molecule has 0 bridgehead atoms. The van der Waals surface area contributed by atoms with E-state index in [2.05, 4.69) is 15.0 Å². The number of carbonyl (C=O) groups is 1. The highest BCUT2D eigenvalue weighted by atomic mass is 32.2. The van der Waals surface area contributed by atoms with Crippen molar-refractivity contribution in [2.24, 2.45) is 5.92 Å². The number of sulfonamides is 1. The molecule has 1 atom stereocenters. The fourth-order valence-electron chi connectivity index (χ4n) is 3.33. The summed E-state index contributed by atoms with van der Waals surface area (Å²) in [5.74, 6) is 0.769. The van der Waals surface area contributed by atoms with Crippen molar-refractivity contribution in [2.75, 3.05) is 25.6 Å². The van der Waals surface area contributed by atoms with Gasteiger partial charge in [0.1, 0.15) is 25.0 Å². The third-order valence-electron chi connectivity index (χ3n) is 5.18. The molecule has 0 saturated heterocycles. The number of hydrogen-bond acceptors (Lipinski definition) is 8.